The van der Waals surface area contributed by atoms with Crippen LogP contribution in [0.1, 0.15) is 21.1 Å². The Hall–Kier alpha value is -2.56. The molecule has 0 atom stereocenters. The molecule has 3 aromatic heterocycles. The van der Waals surface area contributed by atoms with Crippen LogP contribution in [0.2, 0.25) is 5.02 Å². The molecule has 8 nitrogen and oxygen atoms in total. The minimum Gasteiger partial charge on any atom is -0.344 e. The summed E-state index contributed by atoms with van der Waals surface area (Å²) in [4.78, 5) is 39.1. The molecule has 0 aliphatic carbocycles. The molecule has 11 heteroatoms. The van der Waals surface area contributed by atoms with Gasteiger partial charge in [0, 0.05) is 25.7 Å². The number of carbonyl (C=O) groups is 2. The van der Waals surface area contributed by atoms with Gasteiger partial charge in [-0.2, -0.15) is 0 Å². The third kappa shape index (κ3) is 5.03. The van der Waals surface area contributed by atoms with Gasteiger partial charge in [-0.1, -0.05) is 22.9 Å². The molecule has 0 saturated carbocycles. The zero-order valence-electron chi connectivity index (χ0n) is 15.3. The summed E-state index contributed by atoms with van der Waals surface area (Å²) in [5.41, 5.74) is 1.21. The van der Waals surface area contributed by atoms with E-state index in [9.17, 15) is 9.59 Å². The van der Waals surface area contributed by atoms with Crippen molar-refractivity contribution in [1.29, 1.82) is 0 Å². The van der Waals surface area contributed by atoms with E-state index in [0.717, 1.165) is 11.3 Å². The standard InChI is InChI=1S/C17H17ClN6O2S2/c1-9-14(15(26)24(2)3)28-17(20-9)23-13(25)6-11-8-27-16(21-11)22-12-5-4-10(18)7-19-12/h4-5,7-8H,6H2,1-3H3,(H,19,21,22)(H,20,23,25). The summed E-state index contributed by atoms with van der Waals surface area (Å²) in [6, 6.07) is 3.47. The number of carbonyl (C=O) groups excluding carboxylic acids is 2. The molecule has 2 N–H and O–H groups in total. The van der Waals surface area contributed by atoms with Gasteiger partial charge in [0.25, 0.3) is 5.91 Å². The van der Waals surface area contributed by atoms with E-state index in [1.54, 1.807) is 38.5 Å². The van der Waals surface area contributed by atoms with Crippen molar-refractivity contribution in [2.24, 2.45) is 0 Å². The van der Waals surface area contributed by atoms with Gasteiger partial charge in [0.2, 0.25) is 5.91 Å². The van der Waals surface area contributed by atoms with Crippen LogP contribution >= 0.6 is 34.3 Å². The summed E-state index contributed by atoms with van der Waals surface area (Å²) in [7, 11) is 3.35. The van der Waals surface area contributed by atoms with Crippen molar-refractivity contribution < 1.29 is 9.59 Å². The highest BCUT2D eigenvalue weighted by molar-refractivity contribution is 7.17. The Balaban J connectivity index is 1.60. The van der Waals surface area contributed by atoms with Crippen LogP contribution in [0.15, 0.2) is 23.7 Å². The first kappa shape index (κ1) is 20.2. The highest BCUT2D eigenvalue weighted by Gasteiger charge is 2.18. The van der Waals surface area contributed by atoms with Crippen molar-refractivity contribution in [2.75, 3.05) is 24.7 Å². The largest absolute Gasteiger partial charge is 0.344 e. The van der Waals surface area contributed by atoms with Gasteiger partial charge in [0.15, 0.2) is 10.3 Å². The minimum atomic E-state index is -0.251. The number of amides is 2. The van der Waals surface area contributed by atoms with Gasteiger partial charge >= 0.3 is 0 Å². The predicted molar refractivity (Wildman–Crippen MR) is 112 cm³/mol. The summed E-state index contributed by atoms with van der Waals surface area (Å²) < 4.78 is 0. The summed E-state index contributed by atoms with van der Waals surface area (Å²) in [5.74, 6) is 0.228. The summed E-state index contributed by atoms with van der Waals surface area (Å²) >= 11 is 8.35. The van der Waals surface area contributed by atoms with Gasteiger partial charge < -0.3 is 15.5 Å². The van der Waals surface area contributed by atoms with E-state index in [-0.39, 0.29) is 18.2 Å². The highest BCUT2D eigenvalue weighted by Crippen LogP contribution is 2.24. The lowest BCUT2D eigenvalue weighted by atomic mass is 10.3. The van der Waals surface area contributed by atoms with Crippen molar-refractivity contribution in [3.05, 3.63) is 45.0 Å². The molecule has 0 aliphatic rings. The molecule has 146 valence electrons. The number of nitrogens with one attached hydrogen (secondary N) is 2. The van der Waals surface area contributed by atoms with Crippen LogP contribution in [0.4, 0.5) is 16.1 Å². The fourth-order valence-corrected chi connectivity index (χ4v) is 4.02. The molecule has 0 aliphatic heterocycles. The summed E-state index contributed by atoms with van der Waals surface area (Å²) in [5, 5.41) is 9.16. The molecule has 0 fully saturated rings. The van der Waals surface area contributed by atoms with E-state index in [4.69, 9.17) is 11.6 Å². The fraction of sp³-hybridized carbons (Fsp3) is 0.235. The number of aromatic nitrogens is 3. The van der Waals surface area contributed by atoms with Gasteiger partial charge in [-0.25, -0.2) is 15.0 Å². The first-order valence-electron chi connectivity index (χ1n) is 8.13. The molecular weight excluding hydrogens is 420 g/mol. The van der Waals surface area contributed by atoms with Gasteiger partial charge in [0.1, 0.15) is 10.7 Å². The fourth-order valence-electron chi connectivity index (χ4n) is 2.18. The van der Waals surface area contributed by atoms with E-state index >= 15 is 0 Å². The van der Waals surface area contributed by atoms with Crippen molar-refractivity contribution in [2.45, 2.75) is 13.3 Å². The Morgan fingerprint density at radius 2 is 2.00 bits per heavy atom. The van der Waals surface area contributed by atoms with Crippen LogP contribution in [0, 0.1) is 6.92 Å². The Morgan fingerprint density at radius 1 is 1.21 bits per heavy atom. The lowest BCUT2D eigenvalue weighted by Crippen LogP contribution is -2.21. The van der Waals surface area contributed by atoms with Crippen LogP contribution in [-0.4, -0.2) is 45.8 Å². The van der Waals surface area contributed by atoms with Crippen molar-refractivity contribution in [1.82, 2.24) is 19.9 Å². The molecule has 0 aromatic carbocycles. The number of hydrogen-bond acceptors (Lipinski definition) is 8. The monoisotopic (exact) mass is 436 g/mol. The number of thiazole rings is 2. The van der Waals surface area contributed by atoms with Crippen LogP contribution in [0.25, 0.3) is 0 Å². The molecule has 3 heterocycles. The number of anilines is 3. The molecule has 0 saturated heterocycles. The maximum absolute atomic E-state index is 12.3. The second-order valence-electron chi connectivity index (χ2n) is 5.99. The van der Waals surface area contributed by atoms with Crippen molar-refractivity contribution >= 4 is 62.2 Å². The normalized spacial score (nSPS) is 10.6. The Labute approximate surface area is 174 Å². The lowest BCUT2D eigenvalue weighted by Gasteiger charge is -2.07. The maximum Gasteiger partial charge on any atom is 0.265 e. The van der Waals surface area contributed by atoms with Gasteiger partial charge in [-0.15, -0.1) is 11.3 Å². The highest BCUT2D eigenvalue weighted by atomic mass is 35.5. The SMILES string of the molecule is Cc1nc(NC(=O)Cc2csc(Nc3ccc(Cl)cn3)n2)sc1C(=O)N(C)C. The average molecular weight is 437 g/mol. The maximum atomic E-state index is 12.3. The number of pyridine rings is 1. The molecule has 0 unspecified atom stereocenters. The van der Waals surface area contributed by atoms with E-state index in [1.807, 2.05) is 0 Å². The number of rotatable bonds is 6. The molecule has 2 amide bonds. The molecule has 0 spiro atoms. The van der Waals surface area contributed by atoms with Crippen molar-refractivity contribution in [3.8, 4) is 0 Å². The minimum absolute atomic E-state index is 0.0990. The van der Waals surface area contributed by atoms with Gasteiger partial charge in [0.05, 0.1) is 22.8 Å². The third-order valence-electron chi connectivity index (χ3n) is 3.50. The molecule has 0 bridgehead atoms. The molecule has 3 aromatic rings. The van der Waals surface area contributed by atoms with E-state index < -0.39 is 0 Å². The van der Waals surface area contributed by atoms with Crippen LogP contribution in [-0.2, 0) is 11.2 Å². The van der Waals surface area contributed by atoms with Crippen LogP contribution < -0.4 is 10.6 Å². The third-order valence-corrected chi connectivity index (χ3v) is 5.59. The topological polar surface area (TPSA) is 100 Å². The lowest BCUT2D eigenvalue weighted by molar-refractivity contribution is -0.115. The Kier molecular flexibility index (Phi) is 6.22. The number of hydrogen-bond donors (Lipinski definition) is 2. The van der Waals surface area contributed by atoms with Crippen LogP contribution in [0.5, 0.6) is 0 Å². The molecular formula is C17H17ClN6O2S2. The first-order valence-corrected chi connectivity index (χ1v) is 10.2. The number of aryl methyl sites for hydroxylation is 1. The average Bonchev–Trinajstić information content (AvgIpc) is 3.22. The second kappa shape index (κ2) is 8.63. The smallest absolute Gasteiger partial charge is 0.265 e. The Bertz CT molecular complexity index is 1000. The van der Waals surface area contributed by atoms with E-state index in [0.29, 0.717) is 37.4 Å². The van der Waals surface area contributed by atoms with Crippen molar-refractivity contribution in [3.63, 3.8) is 0 Å². The molecule has 3 rings (SSSR count). The summed E-state index contributed by atoms with van der Waals surface area (Å²) in [6.07, 6.45) is 1.64. The quantitative estimate of drug-likeness (QED) is 0.612. The van der Waals surface area contributed by atoms with Gasteiger partial charge in [-0.05, 0) is 19.1 Å². The molecule has 28 heavy (non-hydrogen) atoms. The Morgan fingerprint density at radius 3 is 2.68 bits per heavy atom. The zero-order chi connectivity index (χ0) is 20.3. The second-order valence-corrected chi connectivity index (χ2v) is 8.28. The van der Waals surface area contributed by atoms with Gasteiger partial charge in [-0.3, -0.25) is 9.59 Å². The van der Waals surface area contributed by atoms with E-state index in [2.05, 4.69) is 25.6 Å². The predicted octanol–water partition coefficient (Wildman–Crippen LogP) is 3.58. The van der Waals surface area contributed by atoms with Crippen LogP contribution in [0.3, 0.4) is 0 Å². The zero-order valence-corrected chi connectivity index (χ0v) is 17.7. The first-order chi connectivity index (χ1) is 13.3. The summed E-state index contributed by atoms with van der Waals surface area (Å²) in [6.45, 7) is 1.74. The number of halogens is 1. The molecule has 0 radical (unpaired) electrons. The number of nitrogens with zero attached hydrogens (tertiary/aromatic N) is 4. The van der Waals surface area contributed by atoms with E-state index in [1.165, 1.54) is 22.4 Å².